The van der Waals surface area contributed by atoms with Crippen LogP contribution in [0.5, 0.6) is 0 Å². The molecular formula is C14H15FN2O. The van der Waals surface area contributed by atoms with Crippen LogP contribution in [0.2, 0.25) is 0 Å². The minimum atomic E-state index is -0.788. The van der Waals surface area contributed by atoms with E-state index in [1.165, 1.54) is 6.07 Å². The summed E-state index contributed by atoms with van der Waals surface area (Å²) in [6.45, 7) is 2.10. The van der Waals surface area contributed by atoms with Crippen LogP contribution in [0, 0.1) is 29.5 Å². The highest BCUT2D eigenvalue weighted by atomic mass is 19.1. The Morgan fingerprint density at radius 3 is 2.72 bits per heavy atom. The van der Waals surface area contributed by atoms with Gasteiger partial charge in [0.1, 0.15) is 11.2 Å². The van der Waals surface area contributed by atoms with Gasteiger partial charge in [-0.25, -0.2) is 4.39 Å². The van der Waals surface area contributed by atoms with Gasteiger partial charge in [0.15, 0.2) is 0 Å². The van der Waals surface area contributed by atoms with E-state index in [9.17, 15) is 9.18 Å². The second-order valence-corrected chi connectivity index (χ2v) is 4.94. The van der Waals surface area contributed by atoms with Crippen molar-refractivity contribution < 1.29 is 9.18 Å². The number of halogens is 1. The van der Waals surface area contributed by atoms with Gasteiger partial charge >= 0.3 is 0 Å². The van der Waals surface area contributed by atoms with Crippen LogP contribution >= 0.6 is 0 Å². The first-order chi connectivity index (χ1) is 8.48. The molecule has 1 aromatic carbocycles. The van der Waals surface area contributed by atoms with Crippen molar-refractivity contribution in [2.75, 3.05) is 7.05 Å². The summed E-state index contributed by atoms with van der Waals surface area (Å²) in [6, 6.07) is 6.88. The monoisotopic (exact) mass is 246 g/mol. The molecule has 0 heterocycles. The lowest BCUT2D eigenvalue weighted by molar-refractivity contribution is -0.134. The van der Waals surface area contributed by atoms with Crippen LogP contribution in [0.1, 0.15) is 24.0 Å². The molecule has 0 N–H and O–H groups in total. The van der Waals surface area contributed by atoms with E-state index in [-0.39, 0.29) is 11.7 Å². The molecule has 0 aromatic heterocycles. The molecule has 0 saturated heterocycles. The second kappa shape index (κ2) is 4.41. The van der Waals surface area contributed by atoms with E-state index in [1.54, 1.807) is 31.0 Å². The molecule has 94 valence electrons. The Bertz CT molecular complexity index is 529. The van der Waals surface area contributed by atoms with Gasteiger partial charge in [-0.2, -0.15) is 5.26 Å². The second-order valence-electron chi connectivity index (χ2n) is 4.94. The quantitative estimate of drug-likeness (QED) is 0.822. The van der Waals surface area contributed by atoms with Crippen molar-refractivity contribution in [3.63, 3.8) is 0 Å². The molecule has 1 aromatic rings. The van der Waals surface area contributed by atoms with Crippen LogP contribution in [-0.4, -0.2) is 17.9 Å². The van der Waals surface area contributed by atoms with E-state index in [0.717, 1.165) is 5.56 Å². The van der Waals surface area contributed by atoms with Gasteiger partial charge in [-0.1, -0.05) is 12.1 Å². The Labute approximate surface area is 106 Å². The van der Waals surface area contributed by atoms with Gasteiger partial charge in [0.25, 0.3) is 0 Å². The van der Waals surface area contributed by atoms with Crippen molar-refractivity contribution in [2.24, 2.45) is 5.41 Å². The fourth-order valence-electron chi connectivity index (χ4n) is 2.01. The van der Waals surface area contributed by atoms with Crippen molar-refractivity contribution in [1.29, 1.82) is 5.26 Å². The van der Waals surface area contributed by atoms with Crippen LogP contribution in [0.25, 0.3) is 0 Å². The highest BCUT2D eigenvalue weighted by molar-refractivity contribution is 5.88. The summed E-state index contributed by atoms with van der Waals surface area (Å²) in [4.78, 5) is 13.6. The van der Waals surface area contributed by atoms with Crippen molar-refractivity contribution in [3.05, 3.63) is 35.1 Å². The Balaban J connectivity index is 2.08. The molecule has 0 aliphatic heterocycles. The largest absolute Gasteiger partial charge is 0.340 e. The van der Waals surface area contributed by atoms with Gasteiger partial charge in [-0.15, -0.1) is 0 Å². The highest BCUT2D eigenvalue weighted by Crippen LogP contribution is 2.46. The van der Waals surface area contributed by atoms with Gasteiger partial charge in [0.2, 0.25) is 5.91 Å². The molecule has 0 spiro atoms. The molecule has 0 radical (unpaired) electrons. The maximum atomic E-state index is 13.1. The number of nitrogens with zero attached hydrogens (tertiary/aromatic N) is 2. The van der Waals surface area contributed by atoms with Crippen molar-refractivity contribution >= 4 is 5.91 Å². The molecule has 3 nitrogen and oxygen atoms in total. The van der Waals surface area contributed by atoms with Crippen LogP contribution < -0.4 is 0 Å². The number of hydrogen-bond acceptors (Lipinski definition) is 2. The fourth-order valence-corrected chi connectivity index (χ4v) is 2.01. The van der Waals surface area contributed by atoms with Gasteiger partial charge in [-0.05, 0) is 37.0 Å². The first kappa shape index (κ1) is 12.6. The summed E-state index contributed by atoms with van der Waals surface area (Å²) in [7, 11) is 1.68. The molecule has 2 rings (SSSR count). The van der Waals surface area contributed by atoms with Gasteiger partial charge in [-0.3, -0.25) is 4.79 Å². The van der Waals surface area contributed by atoms with E-state index in [0.29, 0.717) is 24.9 Å². The van der Waals surface area contributed by atoms with Crippen LogP contribution in [0.4, 0.5) is 4.39 Å². The smallest absolute Gasteiger partial charge is 0.243 e. The Morgan fingerprint density at radius 2 is 2.22 bits per heavy atom. The summed E-state index contributed by atoms with van der Waals surface area (Å²) in [5.41, 5.74) is 0.650. The zero-order valence-corrected chi connectivity index (χ0v) is 10.5. The number of carbonyl (C=O) groups is 1. The normalized spacial score (nSPS) is 15.9. The molecule has 18 heavy (non-hydrogen) atoms. The van der Waals surface area contributed by atoms with Crippen LogP contribution in [0.15, 0.2) is 18.2 Å². The van der Waals surface area contributed by atoms with Crippen molar-refractivity contribution in [3.8, 4) is 6.07 Å². The van der Waals surface area contributed by atoms with E-state index >= 15 is 0 Å². The third kappa shape index (κ3) is 2.21. The lowest BCUT2D eigenvalue weighted by Crippen LogP contribution is -2.33. The maximum absolute atomic E-state index is 13.1. The summed E-state index contributed by atoms with van der Waals surface area (Å²) in [6.07, 6.45) is 1.30. The standard InChI is InChI=1S/C14H15FN2O/c1-10-7-11(3-4-12(10)15)8-17(2)13(18)14(9-16)5-6-14/h3-4,7H,5-6,8H2,1-2H3. The average Bonchev–Trinajstić information content (AvgIpc) is 3.14. The van der Waals surface area contributed by atoms with E-state index < -0.39 is 5.41 Å². The number of amides is 1. The summed E-state index contributed by atoms with van der Waals surface area (Å²) < 4.78 is 13.1. The van der Waals surface area contributed by atoms with E-state index in [2.05, 4.69) is 6.07 Å². The number of nitriles is 1. The number of rotatable bonds is 3. The number of hydrogen-bond donors (Lipinski definition) is 0. The molecule has 4 heteroatoms. The summed E-state index contributed by atoms with van der Waals surface area (Å²) >= 11 is 0. The lowest BCUT2D eigenvalue weighted by Gasteiger charge is -2.20. The zero-order valence-electron chi connectivity index (χ0n) is 10.5. The van der Waals surface area contributed by atoms with Crippen molar-refractivity contribution in [1.82, 2.24) is 4.90 Å². The topological polar surface area (TPSA) is 44.1 Å². The Hall–Kier alpha value is -1.89. The Morgan fingerprint density at radius 1 is 1.56 bits per heavy atom. The molecule has 0 atom stereocenters. The van der Waals surface area contributed by atoms with Gasteiger partial charge in [0.05, 0.1) is 6.07 Å². The molecular weight excluding hydrogens is 231 g/mol. The van der Waals surface area contributed by atoms with E-state index in [4.69, 9.17) is 5.26 Å². The van der Waals surface area contributed by atoms with Crippen LogP contribution in [-0.2, 0) is 11.3 Å². The first-order valence-corrected chi connectivity index (χ1v) is 5.90. The summed E-state index contributed by atoms with van der Waals surface area (Å²) in [5, 5.41) is 8.98. The molecule has 1 aliphatic rings. The minimum Gasteiger partial charge on any atom is -0.340 e. The maximum Gasteiger partial charge on any atom is 0.243 e. The first-order valence-electron chi connectivity index (χ1n) is 5.90. The van der Waals surface area contributed by atoms with Gasteiger partial charge < -0.3 is 4.90 Å². The molecule has 0 unspecified atom stereocenters. The van der Waals surface area contributed by atoms with Crippen molar-refractivity contribution in [2.45, 2.75) is 26.3 Å². The fraction of sp³-hybridized carbons (Fsp3) is 0.429. The Kier molecular flexibility index (Phi) is 3.08. The molecule has 1 saturated carbocycles. The predicted octanol–water partition coefficient (Wildman–Crippen LogP) is 2.40. The zero-order chi connectivity index (χ0) is 13.3. The lowest BCUT2D eigenvalue weighted by atomic mass is 10.1. The SMILES string of the molecule is Cc1cc(CN(C)C(=O)C2(C#N)CC2)ccc1F. The number of aryl methyl sites for hydroxylation is 1. The van der Waals surface area contributed by atoms with E-state index in [1.807, 2.05) is 0 Å². The average molecular weight is 246 g/mol. The molecule has 1 fully saturated rings. The highest BCUT2D eigenvalue weighted by Gasteiger charge is 2.51. The number of benzene rings is 1. The number of carbonyl (C=O) groups excluding carboxylic acids is 1. The predicted molar refractivity (Wildman–Crippen MR) is 64.9 cm³/mol. The molecule has 1 aliphatic carbocycles. The third-order valence-corrected chi connectivity index (χ3v) is 3.36. The van der Waals surface area contributed by atoms with Gasteiger partial charge in [0, 0.05) is 13.6 Å². The van der Waals surface area contributed by atoms with Crippen LogP contribution in [0.3, 0.4) is 0 Å². The summed E-state index contributed by atoms with van der Waals surface area (Å²) in [5.74, 6) is -0.379. The molecule has 1 amide bonds. The minimum absolute atomic E-state index is 0.132. The third-order valence-electron chi connectivity index (χ3n) is 3.36. The molecule has 0 bridgehead atoms.